The Hall–Kier alpha value is -1.89. The summed E-state index contributed by atoms with van der Waals surface area (Å²) in [4.78, 5) is 26.4. The zero-order chi connectivity index (χ0) is 18.9. The summed E-state index contributed by atoms with van der Waals surface area (Å²) in [5.74, 6) is -0.155. The van der Waals surface area contributed by atoms with E-state index in [1.54, 1.807) is 12.3 Å². The van der Waals surface area contributed by atoms with Crippen LogP contribution in [0.2, 0.25) is 10.0 Å². The van der Waals surface area contributed by atoms with Crippen LogP contribution in [0.1, 0.15) is 35.1 Å². The molecule has 134 valence electrons. The van der Waals surface area contributed by atoms with E-state index in [0.717, 1.165) is 16.2 Å². The summed E-state index contributed by atoms with van der Waals surface area (Å²) in [5.41, 5.74) is 7.14. The topological polar surface area (TPSA) is 81.2 Å². The lowest BCUT2D eigenvalue weighted by atomic mass is 9.92. The van der Waals surface area contributed by atoms with Gasteiger partial charge in [-0.05, 0) is 35.6 Å². The van der Waals surface area contributed by atoms with Crippen molar-refractivity contribution in [3.8, 4) is 0 Å². The quantitative estimate of drug-likeness (QED) is 0.761. The largest absolute Gasteiger partial charge is 0.378 e. The second-order valence-corrected chi connectivity index (χ2v) is 8.19. The summed E-state index contributed by atoms with van der Waals surface area (Å²) in [5, 5.41) is 1.08. The summed E-state index contributed by atoms with van der Waals surface area (Å²) in [7, 11) is 0. The highest BCUT2D eigenvalue weighted by molar-refractivity contribution is 8.17. The van der Waals surface area contributed by atoms with Gasteiger partial charge in [0.1, 0.15) is 11.2 Å². The fraction of sp³-hybridized carbons (Fsp3) is 0.222. The van der Waals surface area contributed by atoms with Gasteiger partial charge in [-0.15, -0.1) is 0 Å². The number of thioether (sulfide) groups is 1. The first kappa shape index (κ1) is 18.9. The number of pyridine rings is 2. The van der Waals surface area contributed by atoms with Gasteiger partial charge in [0.15, 0.2) is 11.0 Å². The van der Waals surface area contributed by atoms with Crippen molar-refractivity contribution < 1.29 is 4.79 Å². The number of rotatable bonds is 4. The lowest BCUT2D eigenvalue weighted by Crippen LogP contribution is -2.28. The van der Waals surface area contributed by atoms with Crippen molar-refractivity contribution in [2.75, 3.05) is 0 Å². The van der Waals surface area contributed by atoms with Crippen LogP contribution in [0.15, 0.2) is 47.1 Å². The molecule has 1 aliphatic rings. The van der Waals surface area contributed by atoms with E-state index in [1.165, 1.54) is 24.0 Å². The molecule has 2 N–H and O–H groups in total. The van der Waals surface area contributed by atoms with Crippen LogP contribution in [0.25, 0.3) is 0 Å². The molecular formula is C18H16Cl2N4OS. The summed E-state index contributed by atoms with van der Waals surface area (Å²) >= 11 is 13.2. The van der Waals surface area contributed by atoms with Gasteiger partial charge in [-0.3, -0.25) is 14.8 Å². The van der Waals surface area contributed by atoms with Crippen molar-refractivity contribution in [2.24, 2.45) is 10.7 Å². The van der Waals surface area contributed by atoms with E-state index < -0.39 is 5.54 Å². The number of carbonyl (C=O) groups is 1. The van der Waals surface area contributed by atoms with E-state index in [9.17, 15) is 4.79 Å². The molecule has 2 aromatic rings. The predicted octanol–water partition coefficient (Wildman–Crippen LogP) is 4.39. The lowest BCUT2D eigenvalue weighted by Gasteiger charge is -2.30. The van der Waals surface area contributed by atoms with Crippen molar-refractivity contribution in [3.63, 3.8) is 0 Å². The molecule has 0 saturated heterocycles. The fourth-order valence-corrected chi connectivity index (χ4v) is 3.89. The number of amidine groups is 1. The molecule has 3 rings (SSSR count). The molecule has 2 aromatic heterocycles. The van der Waals surface area contributed by atoms with Crippen molar-refractivity contribution in [1.29, 1.82) is 0 Å². The number of aliphatic imine (C=N–C) groups is 1. The molecule has 0 fully saturated rings. The number of nitrogens with two attached hydrogens (primary N) is 1. The highest BCUT2D eigenvalue weighted by Gasteiger charge is 2.32. The van der Waals surface area contributed by atoms with E-state index in [2.05, 4.69) is 21.5 Å². The van der Waals surface area contributed by atoms with Gasteiger partial charge in [-0.25, -0.2) is 4.99 Å². The number of hydrogen-bond acceptors (Lipinski definition) is 6. The molecule has 0 saturated carbocycles. The summed E-state index contributed by atoms with van der Waals surface area (Å²) < 4.78 is 0. The molecule has 0 radical (unpaired) electrons. The van der Waals surface area contributed by atoms with Gasteiger partial charge in [0, 0.05) is 25.2 Å². The first-order chi connectivity index (χ1) is 12.3. The monoisotopic (exact) mass is 406 g/mol. The van der Waals surface area contributed by atoms with E-state index in [4.69, 9.17) is 28.9 Å². The van der Waals surface area contributed by atoms with Crippen molar-refractivity contribution in [1.82, 2.24) is 9.97 Å². The van der Waals surface area contributed by atoms with Crippen LogP contribution in [-0.2, 0) is 12.0 Å². The smallest absolute Gasteiger partial charge is 0.185 e. The molecule has 1 aliphatic heterocycles. The average Bonchev–Trinajstić information content (AvgIpc) is 2.56. The highest BCUT2D eigenvalue weighted by atomic mass is 35.5. The summed E-state index contributed by atoms with van der Waals surface area (Å²) in [6.45, 7) is 5.96. The average molecular weight is 407 g/mol. The lowest BCUT2D eigenvalue weighted by molar-refractivity contribution is 0.0988. The molecule has 0 aromatic carbocycles. The first-order valence-electron chi connectivity index (χ1n) is 7.77. The van der Waals surface area contributed by atoms with Crippen LogP contribution in [-0.4, -0.2) is 20.9 Å². The Morgan fingerprint density at radius 3 is 2.81 bits per heavy atom. The molecule has 26 heavy (non-hydrogen) atoms. The van der Waals surface area contributed by atoms with Crippen LogP contribution in [0, 0.1) is 0 Å². The van der Waals surface area contributed by atoms with Crippen molar-refractivity contribution in [3.05, 3.63) is 69.1 Å². The highest BCUT2D eigenvalue weighted by Crippen LogP contribution is 2.39. The minimum atomic E-state index is -0.590. The standard InChI is InChI=1S/C18H16Cl2N4OS/c1-10-8-18(2,24-17(21)26-10)16-6-11(3-4-22-16)5-15(25)14-7-12(19)13(20)9-23-14/h3-4,6-7,9H,1,5,8H2,2H3,(H2,21,24)/t18-/m0/s1. The molecular weight excluding hydrogens is 391 g/mol. The van der Waals surface area contributed by atoms with Crippen LogP contribution in [0.5, 0.6) is 0 Å². The fourth-order valence-electron chi connectivity index (χ4n) is 2.74. The zero-order valence-corrected chi connectivity index (χ0v) is 16.3. The molecule has 0 aliphatic carbocycles. The molecule has 1 atom stereocenters. The Morgan fingerprint density at radius 2 is 2.12 bits per heavy atom. The van der Waals surface area contributed by atoms with Gasteiger partial charge < -0.3 is 5.73 Å². The molecule has 3 heterocycles. The molecule has 0 unspecified atom stereocenters. The van der Waals surface area contributed by atoms with Gasteiger partial charge in [0.05, 0.1) is 15.7 Å². The zero-order valence-electron chi connectivity index (χ0n) is 14.0. The molecule has 5 nitrogen and oxygen atoms in total. The third-order valence-electron chi connectivity index (χ3n) is 3.98. The SMILES string of the molecule is C=C1C[C@@](C)(c2cc(CC(=O)c3cc(Cl)c(Cl)cn3)ccn2)N=C(N)S1. The van der Waals surface area contributed by atoms with Gasteiger partial charge in [0.2, 0.25) is 0 Å². The summed E-state index contributed by atoms with van der Waals surface area (Å²) in [6.07, 6.45) is 3.85. The maximum Gasteiger partial charge on any atom is 0.185 e. The van der Waals surface area contributed by atoms with E-state index >= 15 is 0 Å². The van der Waals surface area contributed by atoms with Crippen LogP contribution in [0.4, 0.5) is 0 Å². The molecule has 0 amide bonds. The van der Waals surface area contributed by atoms with Crippen LogP contribution >= 0.6 is 35.0 Å². The van der Waals surface area contributed by atoms with Crippen LogP contribution < -0.4 is 5.73 Å². The minimum Gasteiger partial charge on any atom is -0.378 e. The third-order valence-corrected chi connectivity index (χ3v) is 5.43. The predicted molar refractivity (Wildman–Crippen MR) is 107 cm³/mol. The number of aromatic nitrogens is 2. The van der Waals surface area contributed by atoms with Crippen molar-refractivity contribution in [2.45, 2.75) is 25.3 Å². The number of halogens is 2. The normalized spacial score (nSPS) is 20.0. The van der Waals surface area contributed by atoms with E-state index in [1.807, 2.05) is 13.0 Å². The summed E-state index contributed by atoms with van der Waals surface area (Å²) in [6, 6.07) is 5.14. The molecule has 8 heteroatoms. The molecule has 0 bridgehead atoms. The van der Waals surface area contributed by atoms with Gasteiger partial charge in [-0.1, -0.05) is 41.5 Å². The number of ketones is 1. The number of nitrogens with zero attached hydrogens (tertiary/aromatic N) is 3. The van der Waals surface area contributed by atoms with Gasteiger partial charge >= 0.3 is 0 Å². The first-order valence-corrected chi connectivity index (χ1v) is 9.35. The Morgan fingerprint density at radius 1 is 1.35 bits per heavy atom. The Balaban J connectivity index is 1.85. The minimum absolute atomic E-state index is 0.155. The number of hydrogen-bond donors (Lipinski definition) is 1. The third kappa shape index (κ3) is 4.09. The van der Waals surface area contributed by atoms with Crippen LogP contribution in [0.3, 0.4) is 0 Å². The van der Waals surface area contributed by atoms with E-state index in [0.29, 0.717) is 21.6 Å². The maximum absolute atomic E-state index is 12.5. The van der Waals surface area contributed by atoms with Gasteiger partial charge in [-0.2, -0.15) is 0 Å². The number of Topliss-reactive ketones (excluding diaryl/α,β-unsaturated/α-hetero) is 1. The Kier molecular flexibility index (Phi) is 5.37. The molecule has 0 spiro atoms. The van der Waals surface area contributed by atoms with Crippen molar-refractivity contribution >= 4 is 45.9 Å². The Bertz CT molecular complexity index is 931. The second kappa shape index (κ2) is 7.39. The van der Waals surface area contributed by atoms with Gasteiger partial charge in [0.25, 0.3) is 0 Å². The maximum atomic E-state index is 12.5. The second-order valence-electron chi connectivity index (χ2n) is 6.17. The van der Waals surface area contributed by atoms with E-state index in [-0.39, 0.29) is 17.9 Å². The Labute approximate surface area is 165 Å². The number of carbonyl (C=O) groups excluding carboxylic acids is 1.